The molecule has 114 valence electrons. The number of ether oxygens (including phenoxy) is 1. The van der Waals surface area contributed by atoms with Gasteiger partial charge in [-0.25, -0.2) is 0 Å². The molecule has 1 aliphatic rings. The molecule has 0 unspecified atom stereocenters. The first-order valence-corrected chi connectivity index (χ1v) is 7.58. The first kappa shape index (κ1) is 14.6. The Morgan fingerprint density at radius 1 is 1.14 bits per heavy atom. The summed E-state index contributed by atoms with van der Waals surface area (Å²) in [5.74, 6) is 0.872. The van der Waals surface area contributed by atoms with E-state index in [0.717, 1.165) is 17.0 Å². The minimum absolute atomic E-state index is 0.0992. The predicted octanol–water partition coefficient (Wildman–Crippen LogP) is 2.89. The van der Waals surface area contributed by atoms with Crippen molar-refractivity contribution in [1.29, 1.82) is 0 Å². The van der Waals surface area contributed by atoms with Crippen molar-refractivity contribution in [2.45, 2.75) is 18.9 Å². The maximum atomic E-state index is 12.5. The number of nitrogens with zero attached hydrogens (tertiary/aromatic N) is 1. The van der Waals surface area contributed by atoms with E-state index >= 15 is 0 Å². The molecule has 2 aromatic carbocycles. The predicted molar refractivity (Wildman–Crippen MR) is 86.9 cm³/mol. The molecule has 0 fully saturated rings. The summed E-state index contributed by atoms with van der Waals surface area (Å²) >= 11 is 0. The average Bonchev–Trinajstić information content (AvgIpc) is 2.59. The number of hydrogen-bond donors (Lipinski definition) is 1. The molecule has 3 rings (SSSR count). The zero-order valence-corrected chi connectivity index (χ0v) is 12.4. The lowest BCUT2D eigenvalue weighted by molar-refractivity contribution is -0.119. The average molecular weight is 296 g/mol. The summed E-state index contributed by atoms with van der Waals surface area (Å²) < 4.78 is 5.58. The minimum Gasteiger partial charge on any atom is -0.490 e. The van der Waals surface area contributed by atoms with Gasteiger partial charge in [-0.3, -0.25) is 4.79 Å². The van der Waals surface area contributed by atoms with E-state index in [9.17, 15) is 4.79 Å². The van der Waals surface area contributed by atoms with E-state index in [2.05, 4.69) is 0 Å². The van der Waals surface area contributed by atoms with E-state index in [1.807, 2.05) is 54.6 Å². The minimum atomic E-state index is -0.110. The molecular formula is C18H20N2O2. The largest absolute Gasteiger partial charge is 0.490 e. The SMILES string of the molecule is N[C@@H](CCC(=O)N1CCOc2ccccc21)c1ccccc1. The van der Waals surface area contributed by atoms with Gasteiger partial charge in [0, 0.05) is 12.5 Å². The van der Waals surface area contributed by atoms with Gasteiger partial charge in [-0.2, -0.15) is 0 Å². The van der Waals surface area contributed by atoms with Crippen molar-refractivity contribution >= 4 is 11.6 Å². The summed E-state index contributed by atoms with van der Waals surface area (Å²) in [7, 11) is 0. The highest BCUT2D eigenvalue weighted by Gasteiger charge is 2.23. The molecule has 1 heterocycles. The maximum absolute atomic E-state index is 12.5. The van der Waals surface area contributed by atoms with Crippen LogP contribution in [0.15, 0.2) is 54.6 Å². The summed E-state index contributed by atoms with van der Waals surface area (Å²) in [5, 5.41) is 0. The summed E-state index contributed by atoms with van der Waals surface area (Å²) in [6, 6.07) is 17.4. The molecule has 0 bridgehead atoms. The van der Waals surface area contributed by atoms with Gasteiger partial charge in [0.2, 0.25) is 5.91 Å². The molecule has 0 saturated heterocycles. The maximum Gasteiger partial charge on any atom is 0.227 e. The van der Waals surface area contributed by atoms with Gasteiger partial charge >= 0.3 is 0 Å². The lowest BCUT2D eigenvalue weighted by atomic mass is 10.0. The van der Waals surface area contributed by atoms with Gasteiger partial charge in [-0.1, -0.05) is 42.5 Å². The van der Waals surface area contributed by atoms with Gasteiger partial charge in [-0.05, 0) is 24.1 Å². The first-order valence-electron chi connectivity index (χ1n) is 7.58. The summed E-state index contributed by atoms with van der Waals surface area (Å²) in [4.78, 5) is 14.3. The van der Waals surface area contributed by atoms with E-state index in [4.69, 9.17) is 10.5 Å². The van der Waals surface area contributed by atoms with Crippen molar-refractivity contribution in [3.05, 3.63) is 60.2 Å². The van der Waals surface area contributed by atoms with Crippen LogP contribution in [0.2, 0.25) is 0 Å². The summed E-state index contributed by atoms with van der Waals surface area (Å²) in [6.07, 6.45) is 1.08. The van der Waals surface area contributed by atoms with Gasteiger partial charge in [0.05, 0.1) is 12.2 Å². The molecular weight excluding hydrogens is 276 g/mol. The normalized spacial score (nSPS) is 14.9. The molecule has 4 heteroatoms. The molecule has 1 aliphatic heterocycles. The van der Waals surface area contributed by atoms with Crippen LogP contribution in [0.1, 0.15) is 24.4 Å². The third kappa shape index (κ3) is 3.12. The topological polar surface area (TPSA) is 55.6 Å². The number of amides is 1. The van der Waals surface area contributed by atoms with E-state index in [1.54, 1.807) is 4.90 Å². The number of anilines is 1. The highest BCUT2D eigenvalue weighted by molar-refractivity contribution is 5.95. The van der Waals surface area contributed by atoms with Crippen molar-refractivity contribution in [2.75, 3.05) is 18.1 Å². The van der Waals surface area contributed by atoms with Crippen molar-refractivity contribution in [3.63, 3.8) is 0 Å². The third-order valence-corrected chi connectivity index (χ3v) is 3.93. The smallest absolute Gasteiger partial charge is 0.227 e. The van der Waals surface area contributed by atoms with Crippen LogP contribution in [0, 0.1) is 0 Å². The van der Waals surface area contributed by atoms with Crippen LogP contribution in [0.4, 0.5) is 5.69 Å². The Labute approximate surface area is 130 Å². The Bertz CT molecular complexity index is 643. The molecule has 2 N–H and O–H groups in total. The van der Waals surface area contributed by atoms with E-state index in [0.29, 0.717) is 26.0 Å². The first-order chi connectivity index (χ1) is 10.8. The number of rotatable bonds is 4. The Balaban J connectivity index is 1.64. The van der Waals surface area contributed by atoms with E-state index < -0.39 is 0 Å². The highest BCUT2D eigenvalue weighted by atomic mass is 16.5. The molecule has 0 radical (unpaired) electrons. The lowest BCUT2D eigenvalue weighted by Gasteiger charge is -2.29. The molecule has 0 spiro atoms. The Hall–Kier alpha value is -2.33. The summed E-state index contributed by atoms with van der Waals surface area (Å²) in [5.41, 5.74) is 8.09. The van der Waals surface area contributed by atoms with Crippen LogP contribution in [-0.2, 0) is 4.79 Å². The van der Waals surface area contributed by atoms with Crippen LogP contribution in [-0.4, -0.2) is 19.1 Å². The van der Waals surface area contributed by atoms with E-state index in [1.165, 1.54) is 0 Å². The Morgan fingerprint density at radius 3 is 2.68 bits per heavy atom. The van der Waals surface area contributed by atoms with Crippen LogP contribution >= 0.6 is 0 Å². The quantitative estimate of drug-likeness (QED) is 0.944. The van der Waals surface area contributed by atoms with Gasteiger partial charge in [0.25, 0.3) is 0 Å². The van der Waals surface area contributed by atoms with Crippen LogP contribution in [0.3, 0.4) is 0 Å². The van der Waals surface area contributed by atoms with Crippen molar-refractivity contribution in [3.8, 4) is 5.75 Å². The van der Waals surface area contributed by atoms with Gasteiger partial charge in [-0.15, -0.1) is 0 Å². The molecule has 2 aromatic rings. The summed E-state index contributed by atoms with van der Waals surface area (Å²) in [6.45, 7) is 1.13. The van der Waals surface area contributed by atoms with Crippen molar-refractivity contribution in [1.82, 2.24) is 0 Å². The second kappa shape index (κ2) is 6.62. The third-order valence-electron chi connectivity index (χ3n) is 3.93. The molecule has 0 saturated carbocycles. The molecule has 4 nitrogen and oxygen atoms in total. The van der Waals surface area contributed by atoms with Crippen LogP contribution < -0.4 is 15.4 Å². The number of nitrogens with two attached hydrogens (primary N) is 1. The fourth-order valence-corrected chi connectivity index (χ4v) is 2.71. The number of benzene rings is 2. The van der Waals surface area contributed by atoms with Crippen molar-refractivity contribution in [2.24, 2.45) is 5.73 Å². The highest BCUT2D eigenvalue weighted by Crippen LogP contribution is 2.31. The fourth-order valence-electron chi connectivity index (χ4n) is 2.71. The fraction of sp³-hybridized carbons (Fsp3) is 0.278. The van der Waals surface area contributed by atoms with Gasteiger partial charge < -0.3 is 15.4 Å². The van der Waals surface area contributed by atoms with Crippen LogP contribution in [0.25, 0.3) is 0 Å². The standard InChI is InChI=1S/C18H20N2O2/c19-15(14-6-2-1-3-7-14)10-11-18(21)20-12-13-22-17-9-5-4-8-16(17)20/h1-9,15H,10-13,19H2/t15-/m0/s1. The number of hydrogen-bond acceptors (Lipinski definition) is 3. The lowest BCUT2D eigenvalue weighted by Crippen LogP contribution is -2.38. The molecule has 0 aliphatic carbocycles. The van der Waals surface area contributed by atoms with Gasteiger partial charge in [0.15, 0.2) is 0 Å². The molecule has 22 heavy (non-hydrogen) atoms. The second-order valence-electron chi connectivity index (χ2n) is 5.42. The Kier molecular flexibility index (Phi) is 4.39. The number of para-hydroxylation sites is 2. The second-order valence-corrected chi connectivity index (χ2v) is 5.42. The monoisotopic (exact) mass is 296 g/mol. The number of fused-ring (bicyclic) bond motifs is 1. The zero-order chi connectivity index (χ0) is 15.4. The Morgan fingerprint density at radius 2 is 1.86 bits per heavy atom. The molecule has 1 amide bonds. The zero-order valence-electron chi connectivity index (χ0n) is 12.4. The number of carbonyl (C=O) groups is 1. The molecule has 0 aromatic heterocycles. The van der Waals surface area contributed by atoms with E-state index in [-0.39, 0.29) is 11.9 Å². The van der Waals surface area contributed by atoms with Crippen LogP contribution in [0.5, 0.6) is 5.75 Å². The van der Waals surface area contributed by atoms with Gasteiger partial charge in [0.1, 0.15) is 12.4 Å². The van der Waals surface area contributed by atoms with Crippen molar-refractivity contribution < 1.29 is 9.53 Å². The number of carbonyl (C=O) groups excluding carboxylic acids is 1. The molecule has 1 atom stereocenters.